The zero-order valence-corrected chi connectivity index (χ0v) is 13.9. The number of hydrogen-bond donors (Lipinski definition) is 1. The summed E-state index contributed by atoms with van der Waals surface area (Å²) in [6.07, 6.45) is 9.41. The smallest absolute Gasteiger partial charge is 0.0991 e. The maximum atomic E-state index is 6.15. The number of rotatable bonds is 4. The second-order valence-electron chi connectivity index (χ2n) is 6.03. The van der Waals surface area contributed by atoms with Gasteiger partial charge in [-0.25, -0.2) is 4.98 Å². The van der Waals surface area contributed by atoms with Crippen LogP contribution in [-0.4, -0.2) is 33.1 Å². The Bertz CT molecular complexity index is 551. The van der Waals surface area contributed by atoms with Gasteiger partial charge in [0.05, 0.1) is 6.33 Å². The predicted octanol–water partition coefficient (Wildman–Crippen LogP) is 3.00. The molecule has 2 N–H and O–H groups in total. The Labute approximate surface area is 138 Å². The molecule has 120 valence electrons. The summed E-state index contributed by atoms with van der Waals surface area (Å²) in [7, 11) is 0. The molecule has 0 amide bonds. The summed E-state index contributed by atoms with van der Waals surface area (Å²) in [5.74, 6) is 0. The van der Waals surface area contributed by atoms with Crippen LogP contribution < -0.4 is 5.73 Å². The molecule has 1 aliphatic heterocycles. The van der Waals surface area contributed by atoms with E-state index in [1.54, 1.807) is 6.20 Å². The average Bonchev–Trinajstić information content (AvgIpc) is 3.03. The van der Waals surface area contributed by atoms with Crippen LogP contribution >= 0.6 is 12.4 Å². The SMILES string of the molecule is CC(N)C1CCCCN1Cc1ccc(-n2ccnc2)cc1.Cl. The highest BCUT2D eigenvalue weighted by molar-refractivity contribution is 5.85. The zero-order chi connectivity index (χ0) is 14.7. The van der Waals surface area contributed by atoms with E-state index in [9.17, 15) is 0 Å². The Balaban J connectivity index is 0.00000176. The standard InChI is InChI=1S/C17H24N4.ClH/c1-14(18)17-4-2-3-10-20(17)12-15-5-7-16(8-6-15)21-11-9-19-13-21;/h5-9,11,13-14,17H,2-4,10,12,18H2,1H3;1H. The molecule has 2 atom stereocenters. The van der Waals surface area contributed by atoms with E-state index in [-0.39, 0.29) is 18.4 Å². The summed E-state index contributed by atoms with van der Waals surface area (Å²) < 4.78 is 2.02. The van der Waals surface area contributed by atoms with Gasteiger partial charge in [-0.1, -0.05) is 18.6 Å². The van der Waals surface area contributed by atoms with E-state index >= 15 is 0 Å². The fraction of sp³-hybridized carbons (Fsp3) is 0.471. The summed E-state index contributed by atoms with van der Waals surface area (Å²) in [4.78, 5) is 6.63. The maximum Gasteiger partial charge on any atom is 0.0991 e. The molecule has 0 bridgehead atoms. The summed E-state index contributed by atoms with van der Waals surface area (Å²) in [5, 5.41) is 0. The number of piperidine rings is 1. The van der Waals surface area contributed by atoms with Gasteiger partial charge in [0.25, 0.3) is 0 Å². The van der Waals surface area contributed by atoms with Gasteiger partial charge in [0.1, 0.15) is 0 Å². The first-order valence-electron chi connectivity index (χ1n) is 7.81. The molecule has 3 rings (SSSR count). The molecule has 2 heterocycles. The molecule has 0 radical (unpaired) electrons. The molecule has 22 heavy (non-hydrogen) atoms. The third-order valence-corrected chi connectivity index (χ3v) is 4.40. The van der Waals surface area contributed by atoms with Crippen LogP contribution in [0.3, 0.4) is 0 Å². The Morgan fingerprint density at radius 3 is 2.68 bits per heavy atom. The lowest BCUT2D eigenvalue weighted by Crippen LogP contribution is -2.48. The molecule has 1 aliphatic rings. The van der Waals surface area contributed by atoms with E-state index in [0.29, 0.717) is 6.04 Å². The topological polar surface area (TPSA) is 47.1 Å². The minimum absolute atomic E-state index is 0. The molecule has 0 spiro atoms. The lowest BCUT2D eigenvalue weighted by Gasteiger charge is -2.38. The molecule has 1 aromatic carbocycles. The molecule has 2 aromatic rings. The molecule has 0 aliphatic carbocycles. The monoisotopic (exact) mass is 320 g/mol. The molecule has 4 nitrogen and oxygen atoms in total. The van der Waals surface area contributed by atoms with Crippen molar-refractivity contribution < 1.29 is 0 Å². The highest BCUT2D eigenvalue weighted by Gasteiger charge is 2.25. The number of imidazole rings is 1. The minimum Gasteiger partial charge on any atom is -0.327 e. The Morgan fingerprint density at radius 1 is 1.27 bits per heavy atom. The Kier molecular flexibility index (Phi) is 6.00. The van der Waals surface area contributed by atoms with Crippen LogP contribution in [0.1, 0.15) is 31.7 Å². The van der Waals surface area contributed by atoms with Crippen LogP contribution in [0.4, 0.5) is 0 Å². The van der Waals surface area contributed by atoms with Gasteiger partial charge in [0, 0.05) is 36.7 Å². The van der Waals surface area contributed by atoms with Gasteiger partial charge in [-0.15, -0.1) is 12.4 Å². The van der Waals surface area contributed by atoms with Gasteiger partial charge in [0.15, 0.2) is 0 Å². The Hall–Kier alpha value is -1.36. The van der Waals surface area contributed by atoms with E-state index < -0.39 is 0 Å². The van der Waals surface area contributed by atoms with Crippen molar-refractivity contribution in [2.75, 3.05) is 6.54 Å². The van der Waals surface area contributed by atoms with Crippen molar-refractivity contribution in [1.29, 1.82) is 0 Å². The van der Waals surface area contributed by atoms with Crippen molar-refractivity contribution in [2.45, 2.75) is 44.8 Å². The van der Waals surface area contributed by atoms with Crippen molar-refractivity contribution in [3.8, 4) is 5.69 Å². The van der Waals surface area contributed by atoms with Crippen molar-refractivity contribution in [1.82, 2.24) is 14.5 Å². The van der Waals surface area contributed by atoms with Crippen molar-refractivity contribution in [2.24, 2.45) is 5.73 Å². The molecule has 1 fully saturated rings. The lowest BCUT2D eigenvalue weighted by molar-refractivity contribution is 0.123. The van der Waals surface area contributed by atoms with E-state index in [2.05, 4.69) is 41.1 Å². The fourth-order valence-electron chi connectivity index (χ4n) is 3.23. The third-order valence-electron chi connectivity index (χ3n) is 4.40. The highest BCUT2D eigenvalue weighted by Crippen LogP contribution is 2.21. The summed E-state index contributed by atoms with van der Waals surface area (Å²) in [6.45, 7) is 4.29. The molecule has 2 unspecified atom stereocenters. The van der Waals surface area contributed by atoms with Gasteiger partial charge in [-0.2, -0.15) is 0 Å². The van der Waals surface area contributed by atoms with Gasteiger partial charge >= 0.3 is 0 Å². The van der Waals surface area contributed by atoms with Gasteiger partial charge in [-0.05, 0) is 44.0 Å². The van der Waals surface area contributed by atoms with Crippen molar-refractivity contribution in [3.05, 3.63) is 48.5 Å². The quantitative estimate of drug-likeness (QED) is 0.942. The van der Waals surface area contributed by atoms with Crippen LogP contribution in [0.2, 0.25) is 0 Å². The normalized spacial score (nSPS) is 20.4. The van der Waals surface area contributed by atoms with Crippen LogP contribution in [-0.2, 0) is 6.54 Å². The number of hydrogen-bond acceptors (Lipinski definition) is 3. The Morgan fingerprint density at radius 2 is 2.05 bits per heavy atom. The highest BCUT2D eigenvalue weighted by atomic mass is 35.5. The maximum absolute atomic E-state index is 6.15. The number of nitrogens with zero attached hydrogens (tertiary/aromatic N) is 3. The van der Waals surface area contributed by atoms with Crippen LogP contribution in [0.25, 0.3) is 5.69 Å². The number of halogens is 1. The molecular formula is C17H25ClN4. The van der Waals surface area contributed by atoms with E-state index in [1.807, 2.05) is 17.1 Å². The summed E-state index contributed by atoms with van der Waals surface area (Å²) >= 11 is 0. The van der Waals surface area contributed by atoms with Crippen LogP contribution in [0.15, 0.2) is 43.0 Å². The molecule has 1 saturated heterocycles. The van der Waals surface area contributed by atoms with E-state index in [0.717, 1.165) is 18.8 Å². The van der Waals surface area contributed by atoms with Crippen LogP contribution in [0, 0.1) is 0 Å². The van der Waals surface area contributed by atoms with Gasteiger partial charge in [-0.3, -0.25) is 4.90 Å². The lowest BCUT2D eigenvalue weighted by atomic mass is 9.96. The molecular weight excluding hydrogens is 296 g/mol. The van der Waals surface area contributed by atoms with Gasteiger partial charge < -0.3 is 10.3 Å². The molecule has 5 heteroatoms. The molecule has 0 saturated carbocycles. The van der Waals surface area contributed by atoms with Crippen molar-refractivity contribution >= 4 is 12.4 Å². The largest absolute Gasteiger partial charge is 0.327 e. The summed E-state index contributed by atoms with van der Waals surface area (Å²) in [5.41, 5.74) is 8.65. The number of nitrogens with two attached hydrogens (primary N) is 1. The number of aromatic nitrogens is 2. The summed E-state index contributed by atoms with van der Waals surface area (Å²) in [6, 6.07) is 9.50. The number of benzene rings is 1. The van der Waals surface area contributed by atoms with E-state index in [1.165, 1.54) is 24.8 Å². The van der Waals surface area contributed by atoms with E-state index in [4.69, 9.17) is 5.73 Å². The predicted molar refractivity (Wildman–Crippen MR) is 92.5 cm³/mol. The fourth-order valence-corrected chi connectivity index (χ4v) is 3.23. The zero-order valence-electron chi connectivity index (χ0n) is 13.1. The molecule has 1 aromatic heterocycles. The van der Waals surface area contributed by atoms with Crippen LogP contribution in [0.5, 0.6) is 0 Å². The number of likely N-dealkylation sites (tertiary alicyclic amines) is 1. The first kappa shape index (κ1) is 17.0. The average molecular weight is 321 g/mol. The second kappa shape index (κ2) is 7.77. The third kappa shape index (κ3) is 3.88. The minimum atomic E-state index is 0. The second-order valence-corrected chi connectivity index (χ2v) is 6.03. The first-order valence-corrected chi connectivity index (χ1v) is 7.81. The van der Waals surface area contributed by atoms with Gasteiger partial charge in [0.2, 0.25) is 0 Å². The first-order chi connectivity index (χ1) is 10.2. The van der Waals surface area contributed by atoms with Crippen molar-refractivity contribution in [3.63, 3.8) is 0 Å².